The number of hydrogen-bond donors (Lipinski definition) is 1. The van der Waals surface area contributed by atoms with Gasteiger partial charge in [0.15, 0.2) is 18.1 Å². The van der Waals surface area contributed by atoms with Gasteiger partial charge in [0.25, 0.3) is 17.1 Å². The molecule has 35 heavy (non-hydrogen) atoms. The first kappa shape index (κ1) is 24.7. The predicted molar refractivity (Wildman–Crippen MR) is 141 cm³/mol. The molecule has 10 heteroatoms. The smallest absolute Gasteiger partial charge is 0.298 e. The molecule has 0 aromatic heterocycles. The van der Waals surface area contributed by atoms with Gasteiger partial charge in [0, 0.05) is 5.69 Å². The first-order valence-electron chi connectivity index (χ1n) is 10.2. The summed E-state index contributed by atoms with van der Waals surface area (Å²) in [5, 5.41) is 2.25. The van der Waals surface area contributed by atoms with Crippen molar-refractivity contribution < 1.29 is 28.2 Å². The fourth-order valence-electron chi connectivity index (χ4n) is 3.25. The highest BCUT2D eigenvalue weighted by atomic mass is 127. The van der Waals surface area contributed by atoms with E-state index >= 15 is 0 Å². The summed E-state index contributed by atoms with van der Waals surface area (Å²) < 4.78 is 24.8. The third-order valence-electron chi connectivity index (χ3n) is 4.83. The van der Waals surface area contributed by atoms with Crippen molar-refractivity contribution in [1.82, 2.24) is 0 Å². The molecule has 0 atom stereocenters. The molecule has 7 nitrogen and oxygen atoms in total. The maximum Gasteiger partial charge on any atom is 0.298 e. The number of halogens is 2. The Morgan fingerprint density at radius 2 is 1.83 bits per heavy atom. The second-order valence-electron chi connectivity index (χ2n) is 7.23. The van der Waals surface area contributed by atoms with E-state index in [0.717, 1.165) is 16.7 Å². The van der Waals surface area contributed by atoms with Crippen LogP contribution in [0.5, 0.6) is 11.5 Å². The molecule has 1 N–H and O–H groups in total. The highest BCUT2D eigenvalue weighted by Gasteiger charge is 2.36. The van der Waals surface area contributed by atoms with Crippen LogP contribution in [0.4, 0.5) is 20.6 Å². The molecule has 0 saturated carbocycles. The largest absolute Gasteiger partial charge is 0.493 e. The number of thioether (sulfide) groups is 1. The van der Waals surface area contributed by atoms with Crippen LogP contribution in [0.1, 0.15) is 5.56 Å². The number of nitrogens with zero attached hydrogens (tertiary/aromatic N) is 1. The average Bonchev–Trinajstić information content (AvgIpc) is 3.12. The maximum absolute atomic E-state index is 13.0. The molecular formula is C25H18FIN2O5S. The fourth-order valence-corrected chi connectivity index (χ4v) is 4.87. The molecule has 0 unspecified atom stereocenters. The van der Waals surface area contributed by atoms with E-state index in [9.17, 15) is 18.8 Å². The Kier molecular flexibility index (Phi) is 7.71. The van der Waals surface area contributed by atoms with Crippen LogP contribution < -0.4 is 19.7 Å². The number of carbonyl (C=O) groups is 3. The van der Waals surface area contributed by atoms with E-state index in [-0.39, 0.29) is 16.8 Å². The molecule has 0 spiro atoms. The zero-order valence-electron chi connectivity index (χ0n) is 18.3. The second-order valence-corrected chi connectivity index (χ2v) is 9.39. The van der Waals surface area contributed by atoms with Gasteiger partial charge in [0.2, 0.25) is 0 Å². The summed E-state index contributed by atoms with van der Waals surface area (Å²) in [5.41, 5.74) is 1.59. The van der Waals surface area contributed by atoms with E-state index in [0.29, 0.717) is 32.0 Å². The number of benzene rings is 3. The molecule has 0 bridgehead atoms. The highest BCUT2D eigenvalue weighted by Crippen LogP contribution is 2.38. The Morgan fingerprint density at radius 1 is 1.11 bits per heavy atom. The Balaban J connectivity index is 1.49. The number of nitrogens with one attached hydrogen (secondary N) is 1. The van der Waals surface area contributed by atoms with Gasteiger partial charge in [0.05, 0.1) is 21.3 Å². The molecule has 4 rings (SSSR count). The van der Waals surface area contributed by atoms with Gasteiger partial charge in [-0.05, 0) is 94.5 Å². The van der Waals surface area contributed by atoms with Crippen molar-refractivity contribution in [2.24, 2.45) is 0 Å². The summed E-state index contributed by atoms with van der Waals surface area (Å²) in [4.78, 5) is 39.0. The number of hydrogen-bond acceptors (Lipinski definition) is 6. The number of ether oxygens (including phenoxy) is 2. The second kappa shape index (κ2) is 10.9. The van der Waals surface area contributed by atoms with Crippen molar-refractivity contribution >= 4 is 68.9 Å². The van der Waals surface area contributed by atoms with Crippen molar-refractivity contribution in [3.63, 3.8) is 0 Å². The third-order valence-corrected chi connectivity index (χ3v) is 6.50. The van der Waals surface area contributed by atoms with E-state index in [4.69, 9.17) is 9.47 Å². The highest BCUT2D eigenvalue weighted by molar-refractivity contribution is 14.1. The summed E-state index contributed by atoms with van der Waals surface area (Å²) >= 11 is 2.90. The van der Waals surface area contributed by atoms with Crippen LogP contribution in [0.2, 0.25) is 0 Å². The number of rotatable bonds is 7. The summed E-state index contributed by atoms with van der Waals surface area (Å²) in [6, 6.07) is 17.5. The minimum absolute atomic E-state index is 0.282. The zero-order chi connectivity index (χ0) is 24.9. The van der Waals surface area contributed by atoms with Crippen LogP contribution in [-0.2, 0) is 9.59 Å². The number of para-hydroxylation sites is 1. The SMILES string of the molecule is COc1cc(/C=C2/SC(=O)N(c3ccccc3)C2=O)cc(I)c1OCC(=O)Nc1ccc(F)cc1. The van der Waals surface area contributed by atoms with Crippen LogP contribution in [0, 0.1) is 9.39 Å². The molecule has 1 saturated heterocycles. The zero-order valence-corrected chi connectivity index (χ0v) is 21.3. The van der Waals surface area contributed by atoms with Gasteiger partial charge < -0.3 is 14.8 Å². The molecule has 1 aliphatic rings. The lowest BCUT2D eigenvalue weighted by Gasteiger charge is -2.14. The lowest BCUT2D eigenvalue weighted by atomic mass is 10.1. The summed E-state index contributed by atoms with van der Waals surface area (Å²) in [5.74, 6) is -0.508. The summed E-state index contributed by atoms with van der Waals surface area (Å²) in [7, 11) is 1.46. The van der Waals surface area contributed by atoms with Crippen LogP contribution in [0.3, 0.4) is 0 Å². The van der Waals surface area contributed by atoms with Crippen LogP contribution in [-0.4, -0.2) is 30.8 Å². The monoisotopic (exact) mass is 604 g/mol. The lowest BCUT2D eigenvalue weighted by molar-refractivity contribution is -0.118. The van der Waals surface area contributed by atoms with Crippen molar-refractivity contribution in [2.75, 3.05) is 23.9 Å². The first-order valence-corrected chi connectivity index (χ1v) is 12.1. The molecule has 1 heterocycles. The van der Waals surface area contributed by atoms with Crippen molar-refractivity contribution in [3.8, 4) is 11.5 Å². The van der Waals surface area contributed by atoms with Crippen LogP contribution in [0.15, 0.2) is 71.6 Å². The van der Waals surface area contributed by atoms with E-state index < -0.39 is 17.6 Å². The van der Waals surface area contributed by atoms with E-state index in [1.807, 2.05) is 28.7 Å². The quantitative estimate of drug-likeness (QED) is 0.275. The fraction of sp³-hybridized carbons (Fsp3) is 0.0800. The minimum Gasteiger partial charge on any atom is -0.493 e. The molecule has 3 aromatic rings. The first-order chi connectivity index (χ1) is 16.9. The van der Waals surface area contributed by atoms with Gasteiger partial charge in [-0.2, -0.15) is 0 Å². The van der Waals surface area contributed by atoms with Gasteiger partial charge in [-0.3, -0.25) is 14.4 Å². The Bertz CT molecular complexity index is 1320. The predicted octanol–water partition coefficient (Wildman–Crippen LogP) is 5.70. The number of carbonyl (C=O) groups excluding carboxylic acids is 3. The van der Waals surface area contributed by atoms with E-state index in [2.05, 4.69) is 5.32 Å². The summed E-state index contributed by atoms with van der Waals surface area (Å²) in [6.07, 6.45) is 1.61. The Hall–Kier alpha value is -3.38. The maximum atomic E-state index is 13.0. The standard InChI is InChI=1S/C25H18FIN2O5S/c1-33-20-12-15(13-21-24(31)29(25(32)35-21)18-5-3-2-4-6-18)11-19(27)23(20)34-14-22(30)28-17-9-7-16(26)8-10-17/h2-13H,14H2,1H3,(H,28,30)/b21-13+. The summed E-state index contributed by atoms with van der Waals surface area (Å²) in [6.45, 7) is -0.293. The van der Waals surface area contributed by atoms with E-state index in [1.54, 1.807) is 42.5 Å². The number of methoxy groups -OCH3 is 1. The topological polar surface area (TPSA) is 84.9 Å². The number of amides is 3. The molecule has 1 fully saturated rings. The molecular weight excluding hydrogens is 586 g/mol. The average molecular weight is 604 g/mol. The Labute approximate surface area is 218 Å². The number of imide groups is 1. The van der Waals surface area contributed by atoms with Gasteiger partial charge >= 0.3 is 0 Å². The van der Waals surface area contributed by atoms with Crippen molar-refractivity contribution in [1.29, 1.82) is 0 Å². The molecule has 3 amide bonds. The van der Waals surface area contributed by atoms with Crippen LogP contribution in [0.25, 0.3) is 6.08 Å². The molecule has 3 aromatic carbocycles. The minimum atomic E-state index is -0.423. The normalized spacial score (nSPS) is 14.4. The Morgan fingerprint density at radius 3 is 2.51 bits per heavy atom. The van der Waals surface area contributed by atoms with Crippen molar-refractivity contribution in [3.05, 3.63) is 86.6 Å². The number of anilines is 2. The molecule has 1 aliphatic heterocycles. The van der Waals surface area contributed by atoms with Crippen molar-refractivity contribution in [2.45, 2.75) is 0 Å². The van der Waals surface area contributed by atoms with Gasteiger partial charge in [-0.25, -0.2) is 9.29 Å². The van der Waals surface area contributed by atoms with Crippen LogP contribution >= 0.6 is 34.4 Å². The molecule has 178 valence electrons. The molecule has 0 radical (unpaired) electrons. The van der Waals surface area contributed by atoms with Gasteiger partial charge in [-0.1, -0.05) is 18.2 Å². The molecule has 0 aliphatic carbocycles. The van der Waals surface area contributed by atoms with Gasteiger partial charge in [0.1, 0.15) is 5.82 Å². The van der Waals surface area contributed by atoms with Gasteiger partial charge in [-0.15, -0.1) is 0 Å². The third kappa shape index (κ3) is 5.82. The van der Waals surface area contributed by atoms with E-state index in [1.165, 1.54) is 31.4 Å². The lowest BCUT2D eigenvalue weighted by Crippen LogP contribution is -2.27.